The molecule has 1 aromatic carbocycles. The molecule has 1 aliphatic heterocycles. The van der Waals surface area contributed by atoms with Gasteiger partial charge in [0.2, 0.25) is 0 Å². The molecule has 1 fully saturated rings. The van der Waals surface area contributed by atoms with Gasteiger partial charge >= 0.3 is 0 Å². The van der Waals surface area contributed by atoms with Crippen LogP contribution in [0.4, 0.5) is 0 Å². The summed E-state index contributed by atoms with van der Waals surface area (Å²) in [7, 11) is 1.92. The average Bonchev–Trinajstić information content (AvgIpc) is 2.69. The minimum Gasteiger partial charge on any atom is -0.270 e. The van der Waals surface area contributed by atoms with Crippen LogP contribution in [0.5, 0.6) is 0 Å². The predicted molar refractivity (Wildman–Crippen MR) is 45.7 cm³/mol. The monoisotopic (exact) mass is 213 g/mol. The summed E-state index contributed by atoms with van der Waals surface area (Å²) in [4.78, 5) is 5.16. The predicted octanol–water partition coefficient (Wildman–Crippen LogP) is 2.32. The number of hydrogen-bond acceptors (Lipinski definition) is 2. The highest BCUT2D eigenvalue weighted by molar-refractivity contribution is 9.10. The van der Waals surface area contributed by atoms with Gasteiger partial charge in [-0.3, -0.25) is 4.84 Å². The van der Waals surface area contributed by atoms with Crippen LogP contribution in [0, 0.1) is 0 Å². The van der Waals surface area contributed by atoms with Gasteiger partial charge < -0.3 is 0 Å². The lowest BCUT2D eigenvalue weighted by atomic mass is 10.2. The SMILES string of the molecule is CN1O[C@@H]1c1ccc(Br)cc1. The Labute approximate surface area is 73.9 Å². The average molecular weight is 214 g/mol. The van der Waals surface area contributed by atoms with Gasteiger partial charge in [-0.15, -0.1) is 0 Å². The molecular formula is C8H8BrNO. The maximum Gasteiger partial charge on any atom is 0.179 e. The van der Waals surface area contributed by atoms with Gasteiger partial charge in [-0.05, 0) is 17.7 Å². The van der Waals surface area contributed by atoms with Crippen LogP contribution in [0.2, 0.25) is 0 Å². The van der Waals surface area contributed by atoms with E-state index in [1.807, 2.05) is 24.2 Å². The number of halogens is 1. The molecule has 1 aromatic rings. The second-order valence-electron chi connectivity index (χ2n) is 2.56. The maximum absolute atomic E-state index is 5.16. The number of rotatable bonds is 1. The topological polar surface area (TPSA) is 15.5 Å². The first-order valence-corrected chi connectivity index (χ1v) is 4.22. The summed E-state index contributed by atoms with van der Waals surface area (Å²) in [5.41, 5.74) is 1.20. The van der Waals surface area contributed by atoms with E-state index in [1.165, 1.54) is 5.56 Å². The molecule has 3 heteroatoms. The molecule has 0 spiro atoms. The van der Waals surface area contributed by atoms with Crippen LogP contribution in [-0.2, 0) is 4.84 Å². The number of benzene rings is 1. The molecule has 1 heterocycles. The van der Waals surface area contributed by atoms with Crippen LogP contribution < -0.4 is 0 Å². The van der Waals surface area contributed by atoms with Crippen LogP contribution in [0.3, 0.4) is 0 Å². The molecule has 0 bridgehead atoms. The number of hydrogen-bond donors (Lipinski definition) is 0. The van der Waals surface area contributed by atoms with E-state index in [2.05, 4.69) is 28.1 Å². The second kappa shape index (κ2) is 2.59. The zero-order chi connectivity index (χ0) is 7.84. The van der Waals surface area contributed by atoms with Crippen molar-refractivity contribution < 1.29 is 4.84 Å². The molecule has 0 amide bonds. The molecule has 2 atom stereocenters. The molecule has 0 radical (unpaired) electrons. The van der Waals surface area contributed by atoms with Crippen LogP contribution in [0.15, 0.2) is 28.7 Å². The molecule has 1 saturated heterocycles. The van der Waals surface area contributed by atoms with Crippen LogP contribution in [-0.4, -0.2) is 12.1 Å². The lowest BCUT2D eigenvalue weighted by molar-refractivity contribution is 0.233. The second-order valence-corrected chi connectivity index (χ2v) is 3.47. The summed E-state index contributed by atoms with van der Waals surface area (Å²) in [6.07, 6.45) is 0.183. The molecule has 1 aliphatic rings. The van der Waals surface area contributed by atoms with E-state index < -0.39 is 0 Å². The normalized spacial score (nSPS) is 28.5. The highest BCUT2D eigenvalue weighted by Crippen LogP contribution is 2.34. The summed E-state index contributed by atoms with van der Waals surface area (Å²) >= 11 is 3.38. The Morgan fingerprint density at radius 1 is 1.36 bits per heavy atom. The van der Waals surface area contributed by atoms with E-state index in [9.17, 15) is 0 Å². The Bertz CT molecular complexity index is 259. The molecule has 0 saturated carbocycles. The first-order chi connectivity index (χ1) is 5.27. The van der Waals surface area contributed by atoms with Gasteiger partial charge in [0.25, 0.3) is 0 Å². The maximum atomic E-state index is 5.16. The fourth-order valence-electron chi connectivity index (χ4n) is 1.03. The molecule has 0 aromatic heterocycles. The van der Waals surface area contributed by atoms with Crippen molar-refractivity contribution in [3.63, 3.8) is 0 Å². The number of nitrogens with zero attached hydrogens (tertiary/aromatic N) is 1. The Morgan fingerprint density at radius 2 is 1.91 bits per heavy atom. The Morgan fingerprint density at radius 3 is 2.36 bits per heavy atom. The first-order valence-electron chi connectivity index (χ1n) is 3.42. The van der Waals surface area contributed by atoms with Gasteiger partial charge in [0, 0.05) is 11.5 Å². The van der Waals surface area contributed by atoms with Gasteiger partial charge in [-0.1, -0.05) is 28.1 Å². The molecule has 2 nitrogen and oxygen atoms in total. The van der Waals surface area contributed by atoms with Gasteiger partial charge in [0.1, 0.15) is 0 Å². The van der Waals surface area contributed by atoms with Crippen molar-refractivity contribution in [3.8, 4) is 0 Å². The van der Waals surface area contributed by atoms with E-state index >= 15 is 0 Å². The fraction of sp³-hybridized carbons (Fsp3) is 0.250. The van der Waals surface area contributed by atoms with Crippen molar-refractivity contribution >= 4 is 15.9 Å². The quantitative estimate of drug-likeness (QED) is 0.666. The summed E-state index contributed by atoms with van der Waals surface area (Å²) < 4.78 is 1.10. The smallest absolute Gasteiger partial charge is 0.179 e. The summed E-state index contributed by atoms with van der Waals surface area (Å²) in [6.45, 7) is 0. The van der Waals surface area contributed by atoms with Crippen molar-refractivity contribution in [1.29, 1.82) is 0 Å². The van der Waals surface area contributed by atoms with Gasteiger partial charge in [-0.2, -0.15) is 5.06 Å². The summed E-state index contributed by atoms with van der Waals surface area (Å²) in [6, 6.07) is 8.15. The Balaban J connectivity index is 2.21. The Kier molecular flexibility index (Phi) is 1.71. The summed E-state index contributed by atoms with van der Waals surface area (Å²) in [5, 5.41) is 1.82. The Hall–Kier alpha value is -0.380. The third-order valence-electron chi connectivity index (χ3n) is 1.71. The van der Waals surface area contributed by atoms with Crippen molar-refractivity contribution in [1.82, 2.24) is 5.06 Å². The molecule has 0 N–H and O–H groups in total. The number of hydroxylamine groups is 2. The molecule has 11 heavy (non-hydrogen) atoms. The van der Waals surface area contributed by atoms with Crippen molar-refractivity contribution in [3.05, 3.63) is 34.3 Å². The van der Waals surface area contributed by atoms with Gasteiger partial charge in [-0.25, -0.2) is 0 Å². The molecule has 58 valence electrons. The third-order valence-corrected chi connectivity index (χ3v) is 2.23. The minimum absolute atomic E-state index is 0.183. The van der Waals surface area contributed by atoms with E-state index in [4.69, 9.17) is 4.84 Å². The first kappa shape index (κ1) is 7.28. The third kappa shape index (κ3) is 1.45. The van der Waals surface area contributed by atoms with E-state index in [0.717, 1.165) is 4.47 Å². The fourth-order valence-corrected chi connectivity index (χ4v) is 1.29. The highest BCUT2D eigenvalue weighted by atomic mass is 79.9. The van der Waals surface area contributed by atoms with Gasteiger partial charge in [0.15, 0.2) is 6.23 Å². The molecule has 2 rings (SSSR count). The zero-order valence-electron chi connectivity index (χ0n) is 6.12. The lowest BCUT2D eigenvalue weighted by Crippen LogP contribution is -1.86. The van der Waals surface area contributed by atoms with Crippen molar-refractivity contribution in [2.45, 2.75) is 6.23 Å². The van der Waals surface area contributed by atoms with E-state index in [0.29, 0.717) is 0 Å². The van der Waals surface area contributed by atoms with Crippen LogP contribution in [0.1, 0.15) is 11.8 Å². The lowest BCUT2D eigenvalue weighted by Gasteiger charge is -1.93. The molecule has 0 aliphatic carbocycles. The van der Waals surface area contributed by atoms with E-state index in [-0.39, 0.29) is 6.23 Å². The van der Waals surface area contributed by atoms with Crippen LogP contribution >= 0.6 is 15.9 Å². The van der Waals surface area contributed by atoms with Gasteiger partial charge in [0.05, 0.1) is 0 Å². The minimum atomic E-state index is 0.183. The molecule has 1 unspecified atom stereocenters. The van der Waals surface area contributed by atoms with E-state index in [1.54, 1.807) is 0 Å². The summed E-state index contributed by atoms with van der Waals surface area (Å²) in [5.74, 6) is 0. The zero-order valence-corrected chi connectivity index (χ0v) is 7.71. The largest absolute Gasteiger partial charge is 0.270 e. The van der Waals surface area contributed by atoms with Crippen molar-refractivity contribution in [2.24, 2.45) is 0 Å². The van der Waals surface area contributed by atoms with Crippen molar-refractivity contribution in [2.75, 3.05) is 7.05 Å². The molecular weight excluding hydrogens is 206 g/mol. The highest BCUT2D eigenvalue weighted by Gasteiger charge is 2.33. The standard InChI is InChI=1S/C8H8BrNO/c1-10-8(11-10)6-2-4-7(9)5-3-6/h2-5,8H,1H3/t8-,10?/m1/s1. The van der Waals surface area contributed by atoms with Crippen LogP contribution in [0.25, 0.3) is 0 Å².